The molecule has 0 aromatic heterocycles. The first-order valence-electron chi connectivity index (χ1n) is 10.1. The van der Waals surface area contributed by atoms with Crippen molar-refractivity contribution < 1.29 is 29.3 Å². The lowest BCUT2D eigenvalue weighted by Gasteiger charge is -2.24. The summed E-state index contributed by atoms with van der Waals surface area (Å²) in [6.07, 6.45) is -2.63. The smallest absolute Gasteiger partial charge is 0.410 e. The average molecular weight is 457 g/mol. The summed E-state index contributed by atoms with van der Waals surface area (Å²) in [5, 5.41) is 25.9. The van der Waals surface area contributed by atoms with Crippen molar-refractivity contribution in [2.75, 3.05) is 26.2 Å². The van der Waals surface area contributed by atoms with Crippen LogP contribution in [0.2, 0.25) is 0 Å². The SMILES string of the molecule is CC(C)(C)OC(=O)N1C[C@@H](O)[C@H](N=[N+]=[N-])C1.CC(C)(C)OC(=O)N1C[C@H](N=[N+]=[N-])[C@@H](O)C1. The number of likely N-dealkylation sites (tertiary alicyclic amines) is 2. The maximum Gasteiger partial charge on any atom is 0.410 e. The van der Waals surface area contributed by atoms with Gasteiger partial charge in [-0.05, 0) is 52.6 Å². The van der Waals surface area contributed by atoms with E-state index in [1.54, 1.807) is 41.5 Å². The summed E-state index contributed by atoms with van der Waals surface area (Å²) < 4.78 is 10.3. The Morgan fingerprint density at radius 2 is 1.09 bits per heavy atom. The Balaban J connectivity index is 0.000000320. The summed E-state index contributed by atoms with van der Waals surface area (Å²) in [5.41, 5.74) is 15.4. The third-order valence-corrected chi connectivity index (χ3v) is 4.22. The van der Waals surface area contributed by atoms with Crippen LogP contribution in [0.4, 0.5) is 9.59 Å². The topological polar surface area (TPSA) is 197 Å². The van der Waals surface area contributed by atoms with Gasteiger partial charge in [0.25, 0.3) is 0 Å². The molecule has 180 valence electrons. The highest BCUT2D eigenvalue weighted by molar-refractivity contribution is 5.69. The predicted octanol–water partition coefficient (Wildman–Crippen LogP) is 2.55. The molecule has 0 aliphatic carbocycles. The lowest BCUT2D eigenvalue weighted by Crippen LogP contribution is -2.36. The summed E-state index contributed by atoms with van der Waals surface area (Å²) in [6, 6.07) is -1.17. The molecule has 2 aliphatic rings. The number of hydrogen-bond acceptors (Lipinski definition) is 8. The van der Waals surface area contributed by atoms with Gasteiger partial charge < -0.3 is 29.5 Å². The molecule has 2 N–H and O–H groups in total. The van der Waals surface area contributed by atoms with Crippen molar-refractivity contribution in [3.8, 4) is 0 Å². The van der Waals surface area contributed by atoms with Crippen LogP contribution in [0.15, 0.2) is 10.2 Å². The fourth-order valence-corrected chi connectivity index (χ4v) is 2.85. The van der Waals surface area contributed by atoms with Gasteiger partial charge in [0.05, 0.1) is 37.4 Å². The highest BCUT2D eigenvalue weighted by atomic mass is 16.6. The van der Waals surface area contributed by atoms with Gasteiger partial charge in [0.2, 0.25) is 0 Å². The zero-order valence-electron chi connectivity index (χ0n) is 19.2. The van der Waals surface area contributed by atoms with Gasteiger partial charge in [-0.25, -0.2) is 9.59 Å². The van der Waals surface area contributed by atoms with E-state index in [4.69, 9.17) is 20.5 Å². The Kier molecular flexibility index (Phi) is 9.40. The van der Waals surface area contributed by atoms with E-state index in [0.717, 1.165) is 0 Å². The van der Waals surface area contributed by atoms with Crippen molar-refractivity contribution in [2.45, 2.75) is 77.0 Å². The molecule has 2 fully saturated rings. The van der Waals surface area contributed by atoms with Crippen LogP contribution in [0.1, 0.15) is 41.5 Å². The zero-order chi connectivity index (χ0) is 24.7. The maximum absolute atomic E-state index is 11.6. The minimum atomic E-state index is -0.816. The summed E-state index contributed by atoms with van der Waals surface area (Å²) in [5.74, 6) is 0. The van der Waals surface area contributed by atoms with Crippen molar-refractivity contribution in [2.24, 2.45) is 10.2 Å². The monoisotopic (exact) mass is 456 g/mol. The number of amides is 2. The van der Waals surface area contributed by atoms with Crippen molar-refractivity contribution in [1.29, 1.82) is 0 Å². The molecule has 32 heavy (non-hydrogen) atoms. The van der Waals surface area contributed by atoms with Gasteiger partial charge in [-0.2, -0.15) is 0 Å². The molecule has 0 aromatic carbocycles. The van der Waals surface area contributed by atoms with E-state index in [2.05, 4.69) is 20.1 Å². The van der Waals surface area contributed by atoms with Crippen LogP contribution in [0, 0.1) is 0 Å². The van der Waals surface area contributed by atoms with Crippen molar-refractivity contribution in [3.63, 3.8) is 0 Å². The maximum atomic E-state index is 11.6. The number of carbonyl (C=O) groups is 2. The number of carbonyl (C=O) groups excluding carboxylic acids is 2. The van der Waals surface area contributed by atoms with Crippen LogP contribution >= 0.6 is 0 Å². The number of β-amino-alcohol motifs (C(OH)–C–C–N with tert-alkyl or cyclic N) is 2. The first-order valence-corrected chi connectivity index (χ1v) is 10.1. The molecular formula is C18H32N8O6. The van der Waals surface area contributed by atoms with Gasteiger partial charge in [0.1, 0.15) is 11.2 Å². The Morgan fingerprint density at radius 1 is 0.781 bits per heavy atom. The third-order valence-electron chi connectivity index (χ3n) is 4.22. The molecule has 14 heteroatoms. The highest BCUT2D eigenvalue weighted by Crippen LogP contribution is 2.19. The van der Waals surface area contributed by atoms with Gasteiger partial charge in [-0.15, -0.1) is 0 Å². The van der Waals surface area contributed by atoms with Crippen molar-refractivity contribution in [1.82, 2.24) is 9.80 Å². The normalized spacial score (nSPS) is 25.1. The molecule has 0 saturated carbocycles. The molecule has 2 amide bonds. The molecule has 0 bridgehead atoms. The number of aliphatic hydroxyl groups excluding tert-OH is 2. The van der Waals surface area contributed by atoms with Crippen LogP contribution in [0.3, 0.4) is 0 Å². The van der Waals surface area contributed by atoms with E-state index in [1.807, 2.05) is 0 Å². The minimum Gasteiger partial charge on any atom is -0.444 e. The van der Waals surface area contributed by atoms with E-state index in [-0.39, 0.29) is 26.2 Å². The van der Waals surface area contributed by atoms with E-state index >= 15 is 0 Å². The Bertz CT molecular complexity index is 702. The van der Waals surface area contributed by atoms with Crippen LogP contribution in [0.25, 0.3) is 20.9 Å². The Labute approximate surface area is 186 Å². The molecule has 0 radical (unpaired) electrons. The average Bonchev–Trinajstić information content (AvgIpc) is 3.17. The molecule has 2 heterocycles. The molecule has 0 spiro atoms. The molecule has 2 saturated heterocycles. The quantitative estimate of drug-likeness (QED) is 0.363. The predicted molar refractivity (Wildman–Crippen MR) is 113 cm³/mol. The first-order chi connectivity index (χ1) is 14.7. The molecule has 2 aliphatic heterocycles. The number of aliphatic hydroxyl groups is 2. The van der Waals surface area contributed by atoms with Crippen molar-refractivity contribution in [3.05, 3.63) is 20.9 Å². The summed E-state index contributed by atoms with van der Waals surface area (Å²) >= 11 is 0. The number of ether oxygens (including phenoxy) is 2. The second-order valence-corrected chi connectivity index (χ2v) is 9.45. The second kappa shape index (κ2) is 11.1. The second-order valence-electron chi connectivity index (χ2n) is 9.45. The van der Waals surface area contributed by atoms with Gasteiger partial charge in [-0.1, -0.05) is 10.2 Å². The van der Waals surface area contributed by atoms with E-state index in [1.165, 1.54) is 9.80 Å². The summed E-state index contributed by atoms with van der Waals surface area (Å²) in [6.45, 7) is 11.3. The number of rotatable bonds is 2. The van der Waals surface area contributed by atoms with Gasteiger partial charge in [0, 0.05) is 22.9 Å². The number of azide groups is 2. The largest absolute Gasteiger partial charge is 0.444 e. The Hall–Kier alpha value is -2.92. The van der Waals surface area contributed by atoms with Crippen LogP contribution in [-0.4, -0.2) is 93.9 Å². The Morgan fingerprint density at radius 3 is 1.34 bits per heavy atom. The minimum absolute atomic E-state index is 0.137. The lowest BCUT2D eigenvalue weighted by atomic mass is 10.2. The third kappa shape index (κ3) is 9.06. The van der Waals surface area contributed by atoms with Crippen LogP contribution in [-0.2, 0) is 9.47 Å². The van der Waals surface area contributed by atoms with Gasteiger partial charge in [-0.3, -0.25) is 0 Å². The highest BCUT2D eigenvalue weighted by Gasteiger charge is 2.36. The molecule has 2 rings (SSSR count). The summed E-state index contributed by atoms with van der Waals surface area (Å²) in [7, 11) is 0. The first kappa shape index (κ1) is 27.1. The zero-order valence-corrected chi connectivity index (χ0v) is 19.2. The molecular weight excluding hydrogens is 424 g/mol. The fourth-order valence-electron chi connectivity index (χ4n) is 2.85. The van der Waals surface area contributed by atoms with Crippen LogP contribution < -0.4 is 0 Å². The molecule has 0 aromatic rings. The summed E-state index contributed by atoms with van der Waals surface area (Å²) in [4.78, 5) is 31.2. The van der Waals surface area contributed by atoms with E-state index < -0.39 is 47.7 Å². The van der Waals surface area contributed by atoms with E-state index in [0.29, 0.717) is 0 Å². The molecule has 4 atom stereocenters. The van der Waals surface area contributed by atoms with E-state index in [9.17, 15) is 19.8 Å². The number of nitrogens with zero attached hydrogens (tertiary/aromatic N) is 8. The fraction of sp³-hybridized carbons (Fsp3) is 0.889. The standard InChI is InChI=1S/2C9H16N4O3/c2*1-9(2,3)16-8(15)13-4-6(11-12-10)7(14)5-13/h2*6-7,14H,4-5H2,1-3H3/t2*6-,7-/m10/s1. The van der Waals surface area contributed by atoms with Crippen molar-refractivity contribution >= 4 is 12.2 Å². The molecule has 14 nitrogen and oxygen atoms in total. The van der Waals surface area contributed by atoms with Gasteiger partial charge in [0.15, 0.2) is 0 Å². The molecule has 0 unspecified atom stereocenters. The lowest BCUT2D eigenvalue weighted by molar-refractivity contribution is 0.0261. The number of hydrogen-bond donors (Lipinski definition) is 2. The van der Waals surface area contributed by atoms with Crippen LogP contribution in [0.5, 0.6) is 0 Å². The van der Waals surface area contributed by atoms with Gasteiger partial charge >= 0.3 is 12.2 Å².